The van der Waals surface area contributed by atoms with Crippen molar-refractivity contribution in [1.29, 1.82) is 0 Å². The molecule has 0 aliphatic carbocycles. The van der Waals surface area contributed by atoms with Crippen molar-refractivity contribution in [3.63, 3.8) is 0 Å². The lowest BCUT2D eigenvalue weighted by Gasteiger charge is -2.21. The average molecular weight is 251 g/mol. The van der Waals surface area contributed by atoms with Crippen molar-refractivity contribution in [2.24, 2.45) is 0 Å². The second-order valence-electron chi connectivity index (χ2n) is 4.26. The first-order chi connectivity index (χ1) is 8.76. The summed E-state index contributed by atoms with van der Waals surface area (Å²) in [5.41, 5.74) is 1.15. The highest BCUT2D eigenvalue weighted by Crippen LogP contribution is 2.33. The molecule has 1 rings (SSSR count). The number of benzene rings is 1. The summed E-state index contributed by atoms with van der Waals surface area (Å²) in [5, 5.41) is 3.17. The van der Waals surface area contributed by atoms with Gasteiger partial charge in [0, 0.05) is 12.1 Å². The number of rotatable bonds is 8. The first-order valence-corrected chi connectivity index (χ1v) is 6.82. The summed E-state index contributed by atoms with van der Waals surface area (Å²) in [7, 11) is 1.94. The average Bonchev–Trinajstić information content (AvgIpc) is 2.39. The molecule has 0 saturated carbocycles. The molecule has 0 radical (unpaired) electrons. The quantitative estimate of drug-likeness (QED) is 0.768. The fourth-order valence-corrected chi connectivity index (χ4v) is 1.92. The smallest absolute Gasteiger partial charge is 0.166 e. The van der Waals surface area contributed by atoms with E-state index in [0.29, 0.717) is 6.61 Å². The maximum Gasteiger partial charge on any atom is 0.166 e. The topological polar surface area (TPSA) is 30.5 Å². The SMILES string of the molecule is CCOc1cccc(CNC)c1OC(CC)CC. The van der Waals surface area contributed by atoms with Crippen LogP contribution in [0.5, 0.6) is 11.5 Å². The lowest BCUT2D eigenvalue weighted by molar-refractivity contribution is 0.179. The van der Waals surface area contributed by atoms with Crippen LogP contribution < -0.4 is 14.8 Å². The van der Waals surface area contributed by atoms with Crippen molar-refractivity contribution < 1.29 is 9.47 Å². The summed E-state index contributed by atoms with van der Waals surface area (Å²) < 4.78 is 11.8. The minimum absolute atomic E-state index is 0.252. The van der Waals surface area contributed by atoms with Gasteiger partial charge in [-0.2, -0.15) is 0 Å². The van der Waals surface area contributed by atoms with E-state index in [1.807, 2.05) is 26.1 Å². The Hall–Kier alpha value is -1.22. The molecule has 102 valence electrons. The third kappa shape index (κ3) is 3.91. The van der Waals surface area contributed by atoms with Crippen molar-refractivity contribution in [3.05, 3.63) is 23.8 Å². The van der Waals surface area contributed by atoms with Crippen molar-refractivity contribution in [2.75, 3.05) is 13.7 Å². The molecule has 1 aromatic carbocycles. The monoisotopic (exact) mass is 251 g/mol. The number of ether oxygens (including phenoxy) is 2. The van der Waals surface area contributed by atoms with Gasteiger partial charge in [0.1, 0.15) is 0 Å². The zero-order chi connectivity index (χ0) is 13.4. The summed E-state index contributed by atoms with van der Waals surface area (Å²) in [6, 6.07) is 6.06. The Labute approximate surface area is 110 Å². The van der Waals surface area contributed by atoms with Crippen LogP contribution in [0, 0.1) is 0 Å². The Bertz CT molecular complexity index is 324. The molecule has 0 aliphatic rings. The van der Waals surface area contributed by atoms with Gasteiger partial charge in [0.2, 0.25) is 0 Å². The van der Waals surface area contributed by atoms with Gasteiger partial charge in [0.15, 0.2) is 11.5 Å². The molecule has 0 atom stereocenters. The van der Waals surface area contributed by atoms with Gasteiger partial charge in [-0.05, 0) is 32.9 Å². The molecule has 0 aromatic heterocycles. The third-order valence-electron chi connectivity index (χ3n) is 2.92. The summed E-state index contributed by atoms with van der Waals surface area (Å²) >= 11 is 0. The van der Waals surface area contributed by atoms with Crippen LogP contribution in [0.4, 0.5) is 0 Å². The van der Waals surface area contributed by atoms with Crippen LogP contribution in [0.1, 0.15) is 39.2 Å². The second-order valence-corrected chi connectivity index (χ2v) is 4.26. The highest BCUT2D eigenvalue weighted by molar-refractivity contribution is 5.46. The Morgan fingerprint density at radius 1 is 1.17 bits per heavy atom. The molecule has 3 heteroatoms. The highest BCUT2D eigenvalue weighted by atomic mass is 16.5. The Kier molecular flexibility index (Phi) is 6.58. The Morgan fingerprint density at radius 2 is 1.89 bits per heavy atom. The van der Waals surface area contributed by atoms with Gasteiger partial charge in [-0.3, -0.25) is 0 Å². The Balaban J connectivity index is 3.00. The minimum atomic E-state index is 0.252. The van der Waals surface area contributed by atoms with E-state index in [2.05, 4.69) is 25.2 Å². The normalized spacial score (nSPS) is 10.7. The van der Waals surface area contributed by atoms with Crippen LogP contribution in [0.25, 0.3) is 0 Å². The maximum atomic E-state index is 6.12. The van der Waals surface area contributed by atoms with Crippen LogP contribution in [-0.2, 0) is 6.54 Å². The predicted molar refractivity (Wildman–Crippen MR) is 75.4 cm³/mol. The fourth-order valence-electron chi connectivity index (χ4n) is 1.92. The van der Waals surface area contributed by atoms with E-state index in [0.717, 1.165) is 36.4 Å². The molecular formula is C15H25NO2. The lowest BCUT2D eigenvalue weighted by atomic mass is 10.1. The molecule has 0 amide bonds. The van der Waals surface area contributed by atoms with Gasteiger partial charge in [-0.15, -0.1) is 0 Å². The molecule has 0 fully saturated rings. The third-order valence-corrected chi connectivity index (χ3v) is 2.92. The second kappa shape index (κ2) is 7.98. The van der Waals surface area contributed by atoms with Crippen molar-refractivity contribution >= 4 is 0 Å². The van der Waals surface area contributed by atoms with Crippen LogP contribution in [0.2, 0.25) is 0 Å². The molecule has 18 heavy (non-hydrogen) atoms. The van der Waals surface area contributed by atoms with Gasteiger partial charge in [0.05, 0.1) is 12.7 Å². The van der Waals surface area contributed by atoms with Gasteiger partial charge in [-0.25, -0.2) is 0 Å². The fraction of sp³-hybridized carbons (Fsp3) is 0.600. The van der Waals surface area contributed by atoms with E-state index < -0.39 is 0 Å². The molecule has 0 unspecified atom stereocenters. The number of nitrogens with one attached hydrogen (secondary N) is 1. The number of hydrogen-bond donors (Lipinski definition) is 1. The largest absolute Gasteiger partial charge is 0.490 e. The van der Waals surface area contributed by atoms with E-state index >= 15 is 0 Å². The van der Waals surface area contributed by atoms with Gasteiger partial charge in [0.25, 0.3) is 0 Å². The highest BCUT2D eigenvalue weighted by Gasteiger charge is 2.14. The first kappa shape index (κ1) is 14.8. The van der Waals surface area contributed by atoms with E-state index in [9.17, 15) is 0 Å². The summed E-state index contributed by atoms with van der Waals surface area (Å²) in [5.74, 6) is 1.74. The van der Waals surface area contributed by atoms with Crippen molar-refractivity contribution in [1.82, 2.24) is 5.32 Å². The molecule has 0 saturated heterocycles. The summed E-state index contributed by atoms with van der Waals surface area (Å²) in [6.07, 6.45) is 2.27. The molecule has 0 heterocycles. The Morgan fingerprint density at radius 3 is 2.44 bits per heavy atom. The molecule has 3 nitrogen and oxygen atoms in total. The predicted octanol–water partition coefficient (Wildman–Crippen LogP) is 3.37. The van der Waals surface area contributed by atoms with E-state index in [4.69, 9.17) is 9.47 Å². The zero-order valence-electron chi connectivity index (χ0n) is 12.0. The van der Waals surface area contributed by atoms with Gasteiger partial charge < -0.3 is 14.8 Å². The summed E-state index contributed by atoms with van der Waals surface area (Å²) in [4.78, 5) is 0. The molecule has 1 aromatic rings. The zero-order valence-corrected chi connectivity index (χ0v) is 12.0. The lowest BCUT2D eigenvalue weighted by Crippen LogP contribution is -2.17. The van der Waals surface area contributed by atoms with Gasteiger partial charge in [-0.1, -0.05) is 26.0 Å². The molecule has 0 bridgehead atoms. The van der Waals surface area contributed by atoms with Gasteiger partial charge >= 0.3 is 0 Å². The van der Waals surface area contributed by atoms with Crippen LogP contribution in [0.3, 0.4) is 0 Å². The summed E-state index contributed by atoms with van der Waals surface area (Å²) in [6.45, 7) is 7.73. The first-order valence-electron chi connectivity index (χ1n) is 6.82. The van der Waals surface area contributed by atoms with E-state index in [1.165, 1.54) is 0 Å². The molecule has 1 N–H and O–H groups in total. The van der Waals surface area contributed by atoms with Crippen LogP contribution in [0.15, 0.2) is 18.2 Å². The van der Waals surface area contributed by atoms with Crippen molar-refractivity contribution in [2.45, 2.75) is 46.3 Å². The molecule has 0 aliphatic heterocycles. The number of para-hydroxylation sites is 1. The van der Waals surface area contributed by atoms with E-state index in [1.54, 1.807) is 0 Å². The van der Waals surface area contributed by atoms with Crippen LogP contribution >= 0.6 is 0 Å². The molecule has 0 spiro atoms. The maximum absolute atomic E-state index is 6.12. The van der Waals surface area contributed by atoms with Crippen molar-refractivity contribution in [3.8, 4) is 11.5 Å². The standard InChI is InChI=1S/C15H25NO2/c1-5-13(6-2)18-15-12(11-16-4)9-8-10-14(15)17-7-3/h8-10,13,16H,5-7,11H2,1-4H3. The van der Waals surface area contributed by atoms with E-state index in [-0.39, 0.29) is 6.10 Å². The van der Waals surface area contributed by atoms with Crippen LogP contribution in [-0.4, -0.2) is 19.8 Å². The minimum Gasteiger partial charge on any atom is -0.490 e. The number of hydrogen-bond acceptors (Lipinski definition) is 3. The molecular weight excluding hydrogens is 226 g/mol.